The zero-order valence-electron chi connectivity index (χ0n) is 18.4. The van der Waals surface area contributed by atoms with Crippen molar-refractivity contribution in [2.45, 2.75) is 31.6 Å². The minimum atomic E-state index is -3.57. The molecule has 0 amide bonds. The first-order chi connectivity index (χ1) is 15.4. The summed E-state index contributed by atoms with van der Waals surface area (Å²) in [6, 6.07) is 17.5. The lowest BCUT2D eigenvalue weighted by Gasteiger charge is -2.39. The molecule has 32 heavy (non-hydrogen) atoms. The minimum absolute atomic E-state index is 0.177. The highest BCUT2D eigenvalue weighted by atomic mass is 32.2. The van der Waals surface area contributed by atoms with E-state index in [1.165, 1.54) is 28.7 Å². The summed E-state index contributed by atoms with van der Waals surface area (Å²) in [5, 5.41) is 0.0969. The summed E-state index contributed by atoms with van der Waals surface area (Å²) in [5.41, 5.74) is 3.15. The van der Waals surface area contributed by atoms with Crippen molar-refractivity contribution in [1.82, 2.24) is 13.7 Å². The molecule has 6 nitrogen and oxygen atoms in total. The van der Waals surface area contributed by atoms with Crippen LogP contribution in [0, 0.1) is 6.92 Å². The molecular weight excluding hydrogens is 440 g/mol. The second-order valence-corrected chi connectivity index (χ2v) is 10.9. The van der Waals surface area contributed by atoms with Gasteiger partial charge in [0, 0.05) is 43.6 Å². The third-order valence-electron chi connectivity index (χ3n) is 5.77. The predicted molar refractivity (Wildman–Crippen MR) is 131 cm³/mol. The molecular formula is C24H28N4O2S2. The van der Waals surface area contributed by atoms with Crippen molar-refractivity contribution in [2.24, 2.45) is 0 Å². The molecule has 0 aliphatic carbocycles. The largest absolute Gasteiger partial charge is 0.344 e. The molecule has 1 aliphatic heterocycles. The van der Waals surface area contributed by atoms with Gasteiger partial charge in [0.15, 0.2) is 0 Å². The maximum Gasteiger partial charge on any atom is 0.225 e. The van der Waals surface area contributed by atoms with E-state index in [1.807, 2.05) is 37.3 Å². The average molecular weight is 469 g/mol. The van der Waals surface area contributed by atoms with Gasteiger partial charge < -0.3 is 4.90 Å². The zero-order chi connectivity index (χ0) is 22.7. The third-order valence-corrected chi connectivity index (χ3v) is 8.88. The molecule has 168 valence electrons. The van der Waals surface area contributed by atoms with Crippen molar-refractivity contribution in [2.75, 3.05) is 24.5 Å². The second-order valence-electron chi connectivity index (χ2n) is 8.17. The van der Waals surface area contributed by atoms with Gasteiger partial charge in [-0.3, -0.25) is 0 Å². The molecule has 4 rings (SSSR count). The molecule has 0 bridgehead atoms. The van der Waals surface area contributed by atoms with Gasteiger partial charge in [0.2, 0.25) is 15.2 Å². The molecule has 0 radical (unpaired) electrons. The molecule has 0 spiro atoms. The molecule has 1 fully saturated rings. The highest BCUT2D eigenvalue weighted by Crippen LogP contribution is 2.31. The number of aryl methyl sites for hydroxylation is 1. The Morgan fingerprint density at radius 3 is 2.53 bits per heavy atom. The van der Waals surface area contributed by atoms with E-state index < -0.39 is 15.3 Å². The Labute approximate surface area is 194 Å². The number of aromatic nitrogens is 2. The molecule has 2 aromatic carbocycles. The molecule has 1 aliphatic rings. The van der Waals surface area contributed by atoms with E-state index >= 15 is 0 Å². The van der Waals surface area contributed by atoms with E-state index in [-0.39, 0.29) is 6.04 Å². The summed E-state index contributed by atoms with van der Waals surface area (Å²) in [4.78, 5) is 6.86. The van der Waals surface area contributed by atoms with Crippen LogP contribution in [-0.2, 0) is 16.4 Å². The van der Waals surface area contributed by atoms with Gasteiger partial charge in [-0.25, -0.2) is 13.4 Å². The first kappa shape index (κ1) is 22.6. The van der Waals surface area contributed by atoms with Crippen LogP contribution in [0.15, 0.2) is 67.3 Å². The Balaban J connectivity index is 1.45. The van der Waals surface area contributed by atoms with Crippen LogP contribution in [0.25, 0.3) is 0 Å². The number of hydrogen-bond acceptors (Lipinski definition) is 6. The number of piperazine rings is 1. The first-order valence-electron chi connectivity index (χ1n) is 10.7. The lowest BCUT2D eigenvalue weighted by atomic mass is 10.1. The lowest BCUT2D eigenvalue weighted by Crippen LogP contribution is -2.54. The van der Waals surface area contributed by atoms with Crippen LogP contribution in [0.5, 0.6) is 0 Å². The molecule has 2 unspecified atom stereocenters. The standard InChI is InChI=1S/C24H28N4O2S2/c1-4-22(21-8-6-5-7-9-21)32(29,30)28-15-14-27(17-19(28)3)24-25-23(26-31-24)16-20-12-10-18(2)11-13-20/h4-13,19,22H,1,14-17H2,2-3H3. The van der Waals surface area contributed by atoms with Crippen molar-refractivity contribution in [1.29, 1.82) is 0 Å². The van der Waals surface area contributed by atoms with Crippen LogP contribution < -0.4 is 4.90 Å². The van der Waals surface area contributed by atoms with E-state index in [2.05, 4.69) is 47.0 Å². The van der Waals surface area contributed by atoms with E-state index in [1.54, 1.807) is 4.31 Å². The van der Waals surface area contributed by atoms with Crippen molar-refractivity contribution in [3.8, 4) is 0 Å². The summed E-state index contributed by atoms with van der Waals surface area (Å²) >= 11 is 1.38. The summed E-state index contributed by atoms with van der Waals surface area (Å²) in [6.45, 7) is 9.39. The molecule has 0 N–H and O–H groups in total. The zero-order valence-corrected chi connectivity index (χ0v) is 20.0. The van der Waals surface area contributed by atoms with Crippen molar-refractivity contribution in [3.63, 3.8) is 0 Å². The average Bonchev–Trinajstić information content (AvgIpc) is 3.25. The highest BCUT2D eigenvalue weighted by Gasteiger charge is 2.38. The quantitative estimate of drug-likeness (QED) is 0.486. The maximum absolute atomic E-state index is 13.4. The Hall–Kier alpha value is -2.55. The summed E-state index contributed by atoms with van der Waals surface area (Å²) in [7, 11) is -3.57. The van der Waals surface area contributed by atoms with Crippen LogP contribution in [0.1, 0.15) is 34.7 Å². The van der Waals surface area contributed by atoms with Crippen LogP contribution >= 0.6 is 11.5 Å². The van der Waals surface area contributed by atoms with Gasteiger partial charge in [0.25, 0.3) is 0 Å². The second kappa shape index (κ2) is 9.52. The Kier molecular flexibility index (Phi) is 6.74. The number of benzene rings is 2. The monoisotopic (exact) mass is 468 g/mol. The van der Waals surface area contributed by atoms with Gasteiger partial charge in [0.1, 0.15) is 11.1 Å². The number of hydrogen-bond donors (Lipinski definition) is 0. The van der Waals surface area contributed by atoms with E-state index in [0.29, 0.717) is 26.1 Å². The van der Waals surface area contributed by atoms with Gasteiger partial charge in [-0.15, -0.1) is 6.58 Å². The molecule has 3 aromatic rings. The fourth-order valence-corrected chi connectivity index (χ4v) is 6.70. The summed E-state index contributed by atoms with van der Waals surface area (Å²) in [5.74, 6) is 0.798. The van der Waals surface area contributed by atoms with Crippen LogP contribution in [-0.4, -0.2) is 47.8 Å². The number of anilines is 1. The van der Waals surface area contributed by atoms with Gasteiger partial charge in [0.05, 0.1) is 0 Å². The smallest absolute Gasteiger partial charge is 0.225 e. The molecule has 2 heterocycles. The van der Waals surface area contributed by atoms with Crippen LogP contribution in [0.3, 0.4) is 0 Å². The van der Waals surface area contributed by atoms with Gasteiger partial charge >= 0.3 is 0 Å². The number of nitrogens with zero attached hydrogens (tertiary/aromatic N) is 4. The van der Waals surface area contributed by atoms with Crippen LogP contribution in [0.2, 0.25) is 0 Å². The summed E-state index contributed by atoms with van der Waals surface area (Å²) < 4.78 is 33.0. The number of rotatable bonds is 7. The maximum atomic E-state index is 13.4. The van der Waals surface area contributed by atoms with Crippen LogP contribution in [0.4, 0.5) is 5.13 Å². The molecule has 1 aromatic heterocycles. The van der Waals surface area contributed by atoms with E-state index in [9.17, 15) is 8.42 Å². The van der Waals surface area contributed by atoms with Gasteiger partial charge in [-0.1, -0.05) is 66.2 Å². The first-order valence-corrected chi connectivity index (χ1v) is 13.0. The van der Waals surface area contributed by atoms with E-state index in [4.69, 9.17) is 4.98 Å². The predicted octanol–water partition coefficient (Wildman–Crippen LogP) is 4.20. The van der Waals surface area contributed by atoms with Crippen molar-refractivity contribution >= 4 is 26.7 Å². The minimum Gasteiger partial charge on any atom is -0.344 e. The topological polar surface area (TPSA) is 66.4 Å². The SMILES string of the molecule is C=CC(c1ccccc1)S(=O)(=O)N1CCN(c2nc(Cc3ccc(C)cc3)ns2)CC1C. The highest BCUT2D eigenvalue weighted by molar-refractivity contribution is 7.89. The number of sulfonamides is 1. The normalized spacial score (nSPS) is 18.4. The summed E-state index contributed by atoms with van der Waals surface area (Å²) in [6.07, 6.45) is 2.21. The van der Waals surface area contributed by atoms with Crippen molar-refractivity contribution < 1.29 is 8.42 Å². The molecule has 0 saturated carbocycles. The molecule has 8 heteroatoms. The lowest BCUT2D eigenvalue weighted by molar-refractivity contribution is 0.304. The van der Waals surface area contributed by atoms with Gasteiger partial charge in [-0.2, -0.15) is 8.68 Å². The van der Waals surface area contributed by atoms with E-state index in [0.717, 1.165) is 16.5 Å². The third kappa shape index (κ3) is 4.77. The Bertz CT molecular complexity index is 1160. The molecule has 2 atom stereocenters. The Morgan fingerprint density at radius 2 is 1.88 bits per heavy atom. The molecule has 1 saturated heterocycles. The fourth-order valence-electron chi connectivity index (χ4n) is 4.04. The van der Waals surface area contributed by atoms with Gasteiger partial charge in [-0.05, 0) is 25.0 Å². The Morgan fingerprint density at radius 1 is 1.16 bits per heavy atom. The van der Waals surface area contributed by atoms with Crippen molar-refractivity contribution in [3.05, 3.63) is 89.8 Å². The fraction of sp³-hybridized carbons (Fsp3) is 0.333.